The van der Waals surface area contributed by atoms with Crippen molar-refractivity contribution in [2.75, 3.05) is 13.1 Å². The van der Waals surface area contributed by atoms with Crippen molar-refractivity contribution >= 4 is 11.9 Å². The van der Waals surface area contributed by atoms with Gasteiger partial charge in [-0.1, -0.05) is 19.1 Å². The van der Waals surface area contributed by atoms with Gasteiger partial charge < -0.3 is 10.0 Å². The molecule has 1 aliphatic heterocycles. The molecule has 0 spiro atoms. The van der Waals surface area contributed by atoms with Crippen LogP contribution in [0, 0.1) is 11.2 Å². The first-order chi connectivity index (χ1) is 10.4. The van der Waals surface area contributed by atoms with Gasteiger partial charge in [0.25, 0.3) is 0 Å². The van der Waals surface area contributed by atoms with Gasteiger partial charge in [0, 0.05) is 13.1 Å². The Bertz CT molecular complexity index is 558. The Morgan fingerprint density at radius 1 is 1.36 bits per heavy atom. The van der Waals surface area contributed by atoms with E-state index in [0.29, 0.717) is 25.8 Å². The summed E-state index contributed by atoms with van der Waals surface area (Å²) in [6.07, 6.45) is 1.87. The number of carbonyl (C=O) groups excluding carboxylic acids is 1. The van der Waals surface area contributed by atoms with Crippen LogP contribution in [-0.2, 0) is 9.59 Å². The molecule has 1 heterocycles. The summed E-state index contributed by atoms with van der Waals surface area (Å²) in [7, 11) is 0. The average Bonchev–Trinajstić information content (AvgIpc) is 2.49. The summed E-state index contributed by atoms with van der Waals surface area (Å²) in [5.74, 6) is -1.61. The summed E-state index contributed by atoms with van der Waals surface area (Å²) in [4.78, 5) is 25.8. The molecule has 2 atom stereocenters. The predicted octanol–water partition coefficient (Wildman–Crippen LogP) is 3.03. The van der Waals surface area contributed by atoms with Crippen LogP contribution >= 0.6 is 0 Å². The number of carbonyl (C=O) groups is 2. The summed E-state index contributed by atoms with van der Waals surface area (Å²) in [5.41, 5.74) is -0.105. The molecule has 1 saturated heterocycles. The molecule has 120 valence electrons. The van der Waals surface area contributed by atoms with Crippen LogP contribution < -0.4 is 0 Å². The van der Waals surface area contributed by atoms with Gasteiger partial charge in [0.05, 0.1) is 11.3 Å². The van der Waals surface area contributed by atoms with Gasteiger partial charge in [0.1, 0.15) is 5.82 Å². The molecule has 1 aromatic carbocycles. The highest BCUT2D eigenvalue weighted by Gasteiger charge is 2.40. The SMILES string of the molecule is CCC(C(=O)N1CCCC(C)(C(=O)O)C1)c1ccc(F)cc1. The van der Waals surface area contributed by atoms with Gasteiger partial charge in [-0.3, -0.25) is 9.59 Å². The number of rotatable bonds is 4. The van der Waals surface area contributed by atoms with Crippen molar-refractivity contribution in [2.24, 2.45) is 5.41 Å². The van der Waals surface area contributed by atoms with Crippen LogP contribution in [0.15, 0.2) is 24.3 Å². The van der Waals surface area contributed by atoms with Gasteiger partial charge in [-0.15, -0.1) is 0 Å². The van der Waals surface area contributed by atoms with E-state index in [9.17, 15) is 19.1 Å². The Balaban J connectivity index is 2.18. The lowest BCUT2D eigenvalue weighted by Crippen LogP contribution is -2.49. The third-order valence-corrected chi connectivity index (χ3v) is 4.50. The maximum atomic E-state index is 13.0. The average molecular weight is 307 g/mol. The van der Waals surface area contributed by atoms with Crippen molar-refractivity contribution in [3.8, 4) is 0 Å². The standard InChI is InChI=1S/C17H22FNO3/c1-3-14(12-5-7-13(18)8-6-12)15(20)19-10-4-9-17(2,11-19)16(21)22/h5-8,14H,3-4,9-11H2,1-2H3,(H,21,22). The summed E-state index contributed by atoms with van der Waals surface area (Å²) in [5, 5.41) is 9.36. The number of piperidine rings is 1. The van der Waals surface area contributed by atoms with E-state index in [2.05, 4.69) is 0 Å². The smallest absolute Gasteiger partial charge is 0.311 e. The lowest BCUT2D eigenvalue weighted by atomic mass is 9.81. The molecule has 1 N–H and O–H groups in total. The van der Waals surface area contributed by atoms with E-state index in [1.54, 1.807) is 24.0 Å². The highest BCUT2D eigenvalue weighted by molar-refractivity contribution is 5.85. The van der Waals surface area contributed by atoms with E-state index in [-0.39, 0.29) is 24.2 Å². The number of likely N-dealkylation sites (tertiary alicyclic amines) is 1. The molecule has 1 aliphatic rings. The fourth-order valence-electron chi connectivity index (χ4n) is 3.07. The van der Waals surface area contributed by atoms with Crippen molar-refractivity contribution in [3.05, 3.63) is 35.6 Å². The van der Waals surface area contributed by atoms with Crippen LogP contribution in [-0.4, -0.2) is 35.0 Å². The maximum Gasteiger partial charge on any atom is 0.311 e. The Kier molecular flexibility index (Phi) is 4.84. The van der Waals surface area contributed by atoms with Crippen LogP contribution in [0.25, 0.3) is 0 Å². The number of halogens is 1. The summed E-state index contributed by atoms with van der Waals surface area (Å²) >= 11 is 0. The van der Waals surface area contributed by atoms with Crippen LogP contribution in [0.4, 0.5) is 4.39 Å². The molecule has 2 unspecified atom stereocenters. The highest BCUT2D eigenvalue weighted by atomic mass is 19.1. The van der Waals surface area contributed by atoms with Crippen molar-refractivity contribution in [2.45, 2.75) is 39.0 Å². The quantitative estimate of drug-likeness (QED) is 0.930. The Labute approximate surface area is 129 Å². The van der Waals surface area contributed by atoms with Gasteiger partial charge >= 0.3 is 5.97 Å². The topological polar surface area (TPSA) is 57.6 Å². The molecular formula is C17H22FNO3. The maximum absolute atomic E-state index is 13.0. The minimum atomic E-state index is -0.880. The van der Waals surface area contributed by atoms with Crippen molar-refractivity contribution < 1.29 is 19.1 Å². The van der Waals surface area contributed by atoms with Crippen molar-refractivity contribution in [3.63, 3.8) is 0 Å². The zero-order valence-electron chi connectivity index (χ0n) is 13.0. The number of amides is 1. The third-order valence-electron chi connectivity index (χ3n) is 4.50. The molecule has 2 rings (SSSR count). The summed E-state index contributed by atoms with van der Waals surface area (Å²) in [6.45, 7) is 4.41. The van der Waals surface area contributed by atoms with Crippen molar-refractivity contribution in [1.29, 1.82) is 0 Å². The van der Waals surface area contributed by atoms with E-state index in [1.165, 1.54) is 12.1 Å². The van der Waals surface area contributed by atoms with Crippen LogP contribution in [0.2, 0.25) is 0 Å². The van der Waals surface area contributed by atoms with Crippen LogP contribution in [0.5, 0.6) is 0 Å². The first-order valence-corrected chi connectivity index (χ1v) is 7.65. The molecule has 1 fully saturated rings. The fraction of sp³-hybridized carbons (Fsp3) is 0.529. The normalized spacial score (nSPS) is 23.1. The first-order valence-electron chi connectivity index (χ1n) is 7.65. The summed E-state index contributed by atoms with van der Waals surface area (Å²) in [6, 6.07) is 5.95. The molecule has 0 aromatic heterocycles. The van der Waals surface area contributed by atoms with Crippen LogP contribution in [0.1, 0.15) is 44.6 Å². The first kappa shape index (κ1) is 16.5. The van der Waals surface area contributed by atoms with Gasteiger partial charge in [-0.2, -0.15) is 0 Å². The van der Waals surface area contributed by atoms with E-state index < -0.39 is 11.4 Å². The van der Waals surface area contributed by atoms with Gasteiger partial charge in [0.15, 0.2) is 0 Å². The molecule has 0 radical (unpaired) electrons. The zero-order chi connectivity index (χ0) is 16.3. The van der Waals surface area contributed by atoms with Gasteiger partial charge in [0.2, 0.25) is 5.91 Å². The van der Waals surface area contributed by atoms with E-state index in [4.69, 9.17) is 0 Å². The van der Waals surface area contributed by atoms with Crippen LogP contribution in [0.3, 0.4) is 0 Å². The van der Waals surface area contributed by atoms with Gasteiger partial charge in [-0.05, 0) is 43.9 Å². The fourth-order valence-corrected chi connectivity index (χ4v) is 3.07. The second-order valence-corrected chi connectivity index (χ2v) is 6.24. The van der Waals surface area contributed by atoms with E-state index in [0.717, 1.165) is 5.56 Å². The third kappa shape index (κ3) is 3.29. The Hall–Kier alpha value is -1.91. The molecule has 0 bridgehead atoms. The zero-order valence-corrected chi connectivity index (χ0v) is 13.0. The number of nitrogens with zero attached hydrogens (tertiary/aromatic N) is 1. The molecule has 1 amide bonds. The molecule has 1 aromatic rings. The number of hydrogen-bond donors (Lipinski definition) is 1. The van der Waals surface area contributed by atoms with E-state index >= 15 is 0 Å². The largest absolute Gasteiger partial charge is 0.481 e. The second-order valence-electron chi connectivity index (χ2n) is 6.24. The lowest BCUT2D eigenvalue weighted by molar-refractivity contribution is -0.153. The predicted molar refractivity (Wildman–Crippen MR) is 81.0 cm³/mol. The number of hydrogen-bond acceptors (Lipinski definition) is 2. The molecule has 5 heteroatoms. The minimum absolute atomic E-state index is 0.0683. The number of carboxylic acids is 1. The monoisotopic (exact) mass is 307 g/mol. The van der Waals surface area contributed by atoms with E-state index in [1.807, 2.05) is 6.92 Å². The lowest BCUT2D eigenvalue weighted by Gasteiger charge is -2.39. The molecule has 22 heavy (non-hydrogen) atoms. The number of benzene rings is 1. The minimum Gasteiger partial charge on any atom is -0.481 e. The van der Waals surface area contributed by atoms with Gasteiger partial charge in [-0.25, -0.2) is 4.39 Å². The van der Waals surface area contributed by atoms with Crippen molar-refractivity contribution in [1.82, 2.24) is 4.90 Å². The highest BCUT2D eigenvalue weighted by Crippen LogP contribution is 2.32. The number of carboxylic acid groups (broad SMARTS) is 1. The molecule has 0 aliphatic carbocycles. The molecule has 0 saturated carbocycles. The molecular weight excluding hydrogens is 285 g/mol. The number of aliphatic carboxylic acids is 1. The Morgan fingerprint density at radius 2 is 2.00 bits per heavy atom. The molecule has 4 nitrogen and oxygen atoms in total. The Morgan fingerprint density at radius 3 is 2.55 bits per heavy atom. The second kappa shape index (κ2) is 6.46. The summed E-state index contributed by atoms with van der Waals surface area (Å²) < 4.78 is 13.0.